The number of hydrogen-bond donors (Lipinski definition) is 1. The summed E-state index contributed by atoms with van der Waals surface area (Å²) in [6, 6.07) is 22.5. The van der Waals surface area contributed by atoms with Crippen LogP contribution in [0.15, 0.2) is 103 Å². The molecule has 2 aliphatic rings. The van der Waals surface area contributed by atoms with Crippen molar-refractivity contribution in [3.05, 3.63) is 125 Å². The fraction of sp³-hybridized carbons (Fsp3) is 0.172. The number of carbonyl (C=O) groups excluding carboxylic acids is 2. The van der Waals surface area contributed by atoms with Crippen molar-refractivity contribution in [2.24, 2.45) is 0 Å². The molecule has 2 heterocycles. The molecule has 0 aromatic heterocycles. The Morgan fingerprint density at radius 2 is 1.78 bits per heavy atom. The van der Waals surface area contributed by atoms with Crippen molar-refractivity contribution in [3.63, 3.8) is 0 Å². The predicted molar refractivity (Wildman–Crippen MR) is 134 cm³/mol. The summed E-state index contributed by atoms with van der Waals surface area (Å²) < 4.78 is 19.3. The fourth-order valence-corrected chi connectivity index (χ4v) is 4.58. The van der Waals surface area contributed by atoms with E-state index in [4.69, 9.17) is 4.74 Å². The second-order valence-electron chi connectivity index (χ2n) is 8.78. The van der Waals surface area contributed by atoms with Crippen LogP contribution < -0.4 is 10.1 Å². The lowest BCUT2D eigenvalue weighted by molar-refractivity contribution is -0.126. The van der Waals surface area contributed by atoms with E-state index in [0.29, 0.717) is 30.2 Å². The molecule has 0 saturated carbocycles. The van der Waals surface area contributed by atoms with Crippen molar-refractivity contribution in [2.45, 2.75) is 19.2 Å². The van der Waals surface area contributed by atoms with Gasteiger partial charge >= 0.3 is 6.03 Å². The summed E-state index contributed by atoms with van der Waals surface area (Å²) in [4.78, 5) is 29.9. The molecule has 3 aromatic rings. The Bertz CT molecular complexity index is 1320. The summed E-state index contributed by atoms with van der Waals surface area (Å²) in [6.45, 7) is 5.05. The maximum Gasteiger partial charge on any atom is 0.322 e. The van der Waals surface area contributed by atoms with Gasteiger partial charge in [0.2, 0.25) is 0 Å². The number of nitrogens with zero attached hydrogens (tertiary/aromatic N) is 2. The Morgan fingerprint density at radius 3 is 2.53 bits per heavy atom. The minimum atomic E-state index is -0.612. The molecule has 2 aliphatic heterocycles. The lowest BCUT2D eigenvalue weighted by Gasteiger charge is -2.33. The maximum atomic E-state index is 13.6. The third kappa shape index (κ3) is 4.73. The molecular weight excluding hydrogens is 457 g/mol. The van der Waals surface area contributed by atoms with Gasteiger partial charge in [-0.2, -0.15) is 0 Å². The SMILES string of the molecule is C=CCN1C(=O)N[C@@H](c2cccc(OCc3ccccc3)c2)C2=C1CN(Cc1ccc(F)cc1)C2=O. The number of rotatable bonds is 8. The summed E-state index contributed by atoms with van der Waals surface area (Å²) in [5.41, 5.74) is 3.80. The average molecular weight is 484 g/mol. The van der Waals surface area contributed by atoms with Crippen molar-refractivity contribution in [2.75, 3.05) is 13.1 Å². The Balaban J connectivity index is 1.42. The molecule has 0 bridgehead atoms. The molecule has 1 N–H and O–H groups in total. The Kier molecular flexibility index (Phi) is 6.54. The summed E-state index contributed by atoms with van der Waals surface area (Å²) >= 11 is 0. The zero-order chi connectivity index (χ0) is 25.1. The Labute approximate surface area is 209 Å². The quantitative estimate of drug-likeness (QED) is 0.461. The van der Waals surface area contributed by atoms with E-state index >= 15 is 0 Å². The Morgan fingerprint density at radius 1 is 1.00 bits per heavy atom. The van der Waals surface area contributed by atoms with Gasteiger partial charge in [-0.3, -0.25) is 9.69 Å². The molecule has 0 saturated heterocycles. The van der Waals surface area contributed by atoms with Crippen LogP contribution in [0.5, 0.6) is 5.75 Å². The van der Waals surface area contributed by atoms with E-state index in [1.165, 1.54) is 12.1 Å². The van der Waals surface area contributed by atoms with E-state index in [2.05, 4.69) is 11.9 Å². The number of urea groups is 1. The van der Waals surface area contributed by atoms with Crippen LogP contribution in [-0.2, 0) is 17.9 Å². The maximum absolute atomic E-state index is 13.6. The van der Waals surface area contributed by atoms with E-state index in [-0.39, 0.29) is 30.8 Å². The molecule has 3 amide bonds. The van der Waals surface area contributed by atoms with Crippen molar-refractivity contribution < 1.29 is 18.7 Å². The molecule has 0 unspecified atom stereocenters. The molecule has 0 spiro atoms. The fourth-order valence-electron chi connectivity index (χ4n) is 4.58. The number of carbonyl (C=O) groups is 2. The van der Waals surface area contributed by atoms with Crippen LogP contribution in [0.25, 0.3) is 0 Å². The monoisotopic (exact) mass is 483 g/mol. The molecule has 0 fully saturated rings. The third-order valence-corrected chi connectivity index (χ3v) is 6.33. The van der Waals surface area contributed by atoms with Gasteiger partial charge < -0.3 is 15.0 Å². The van der Waals surface area contributed by atoms with E-state index in [1.807, 2.05) is 54.6 Å². The van der Waals surface area contributed by atoms with Crippen molar-refractivity contribution in [1.29, 1.82) is 0 Å². The summed E-state index contributed by atoms with van der Waals surface area (Å²) in [5, 5.41) is 2.99. The van der Waals surface area contributed by atoms with Gasteiger partial charge in [-0.1, -0.05) is 60.7 Å². The van der Waals surface area contributed by atoms with Crippen LogP contribution in [0, 0.1) is 5.82 Å². The van der Waals surface area contributed by atoms with Crippen molar-refractivity contribution in [3.8, 4) is 5.75 Å². The summed E-state index contributed by atoms with van der Waals surface area (Å²) in [6.07, 6.45) is 1.63. The number of hydrogen-bond acceptors (Lipinski definition) is 3. The zero-order valence-electron chi connectivity index (χ0n) is 19.7. The topological polar surface area (TPSA) is 61.9 Å². The minimum absolute atomic E-state index is 0.163. The number of halogens is 1. The first kappa shape index (κ1) is 23.4. The molecule has 0 radical (unpaired) electrons. The van der Waals surface area contributed by atoms with Gasteiger partial charge in [-0.05, 0) is 41.0 Å². The minimum Gasteiger partial charge on any atom is -0.489 e. The highest BCUT2D eigenvalue weighted by molar-refractivity contribution is 6.01. The summed E-state index contributed by atoms with van der Waals surface area (Å²) in [7, 11) is 0. The Hall–Kier alpha value is -4.39. The molecular formula is C29H26FN3O3. The highest BCUT2D eigenvalue weighted by atomic mass is 19.1. The molecule has 182 valence electrons. The van der Waals surface area contributed by atoms with Crippen molar-refractivity contribution in [1.82, 2.24) is 15.1 Å². The highest BCUT2D eigenvalue weighted by Gasteiger charge is 2.43. The van der Waals surface area contributed by atoms with Gasteiger partial charge in [-0.25, -0.2) is 9.18 Å². The first-order chi connectivity index (χ1) is 17.5. The number of ether oxygens (including phenoxy) is 1. The van der Waals surface area contributed by atoms with E-state index < -0.39 is 6.04 Å². The first-order valence-electron chi connectivity index (χ1n) is 11.8. The van der Waals surface area contributed by atoms with E-state index in [9.17, 15) is 14.0 Å². The van der Waals surface area contributed by atoms with Crippen LogP contribution in [-0.4, -0.2) is 34.8 Å². The van der Waals surface area contributed by atoms with Gasteiger partial charge in [-0.15, -0.1) is 6.58 Å². The average Bonchev–Trinajstić information content (AvgIpc) is 3.22. The standard InChI is InChI=1S/C29H26FN3O3/c1-2-15-33-25-18-32(17-20-11-13-23(30)14-12-20)28(34)26(25)27(31-29(33)35)22-9-6-10-24(16-22)36-19-21-7-4-3-5-8-21/h2-14,16,27H,1,15,17-19H2,(H,31,35)/t27-/m0/s1. The smallest absolute Gasteiger partial charge is 0.322 e. The molecule has 0 aliphatic carbocycles. The first-order valence-corrected chi connectivity index (χ1v) is 11.8. The third-order valence-electron chi connectivity index (χ3n) is 6.33. The molecule has 1 atom stereocenters. The molecule has 5 rings (SSSR count). The number of benzene rings is 3. The van der Waals surface area contributed by atoms with Gasteiger partial charge in [0.25, 0.3) is 5.91 Å². The second-order valence-corrected chi connectivity index (χ2v) is 8.78. The zero-order valence-corrected chi connectivity index (χ0v) is 19.7. The van der Waals surface area contributed by atoms with Gasteiger partial charge in [0.1, 0.15) is 18.2 Å². The molecule has 3 aromatic carbocycles. The van der Waals surface area contributed by atoms with Crippen LogP contribution in [0.2, 0.25) is 0 Å². The van der Waals surface area contributed by atoms with Gasteiger partial charge in [0, 0.05) is 13.1 Å². The largest absolute Gasteiger partial charge is 0.489 e. The molecule has 36 heavy (non-hydrogen) atoms. The number of nitrogens with one attached hydrogen (secondary N) is 1. The molecule has 6 nitrogen and oxygen atoms in total. The molecule has 7 heteroatoms. The lowest BCUT2D eigenvalue weighted by Crippen LogP contribution is -2.47. The van der Waals surface area contributed by atoms with Crippen LogP contribution in [0.3, 0.4) is 0 Å². The van der Waals surface area contributed by atoms with Crippen LogP contribution in [0.1, 0.15) is 22.7 Å². The van der Waals surface area contributed by atoms with E-state index in [1.54, 1.807) is 28.0 Å². The lowest BCUT2D eigenvalue weighted by atomic mass is 9.95. The summed E-state index contributed by atoms with van der Waals surface area (Å²) in [5.74, 6) is 0.157. The normalized spacial score (nSPS) is 17.2. The van der Waals surface area contributed by atoms with Crippen molar-refractivity contribution >= 4 is 11.9 Å². The van der Waals surface area contributed by atoms with Gasteiger partial charge in [0.05, 0.1) is 23.9 Å². The van der Waals surface area contributed by atoms with Gasteiger partial charge in [0.15, 0.2) is 0 Å². The van der Waals surface area contributed by atoms with E-state index in [0.717, 1.165) is 16.7 Å². The highest BCUT2D eigenvalue weighted by Crippen LogP contribution is 2.37. The number of amides is 3. The second kappa shape index (κ2) is 10.1. The van der Waals surface area contributed by atoms with Crippen LogP contribution in [0.4, 0.5) is 9.18 Å². The predicted octanol–water partition coefficient (Wildman–Crippen LogP) is 4.95. The van der Waals surface area contributed by atoms with Crippen LogP contribution >= 0.6 is 0 Å².